The summed E-state index contributed by atoms with van der Waals surface area (Å²) in [5.41, 5.74) is 7.47. The lowest BCUT2D eigenvalue weighted by Crippen LogP contribution is -2.01. The van der Waals surface area contributed by atoms with Gasteiger partial charge in [-0.25, -0.2) is 0 Å². The Hall–Kier alpha value is -1.02. The molecule has 0 saturated carbocycles. The van der Waals surface area contributed by atoms with Crippen molar-refractivity contribution >= 4 is 0 Å². The first-order chi connectivity index (χ1) is 5.24. The number of aliphatic hydroxyl groups is 1. The van der Waals surface area contributed by atoms with Gasteiger partial charge in [-0.3, -0.25) is 0 Å². The van der Waals surface area contributed by atoms with E-state index < -0.39 is 0 Å². The first-order valence-corrected chi connectivity index (χ1v) is 3.67. The molecule has 0 saturated heterocycles. The number of aliphatic hydroxyl groups excluding tert-OH is 1. The zero-order chi connectivity index (χ0) is 8.27. The molecule has 1 unspecified atom stereocenters. The molecule has 0 aromatic rings. The highest BCUT2D eigenvalue weighted by molar-refractivity contribution is 5.33. The van der Waals surface area contributed by atoms with Crippen LogP contribution in [0.25, 0.3) is 0 Å². The summed E-state index contributed by atoms with van der Waals surface area (Å²) < 4.78 is 0. The van der Waals surface area contributed by atoms with Crippen molar-refractivity contribution in [3.8, 4) is 0 Å². The number of allylic oxidation sites excluding steroid dienone is 3. The van der Waals surface area contributed by atoms with Crippen LogP contribution in [-0.2, 0) is 0 Å². The minimum atomic E-state index is 0.118. The maximum Gasteiger partial charge on any atom is 0.0528 e. The fourth-order valence-corrected chi connectivity index (χ4v) is 1.02. The van der Waals surface area contributed by atoms with Crippen molar-refractivity contribution in [3.63, 3.8) is 0 Å². The molecule has 0 spiro atoms. The highest BCUT2D eigenvalue weighted by Crippen LogP contribution is 2.13. The maximum absolute atomic E-state index is 8.86. The van der Waals surface area contributed by atoms with Gasteiger partial charge in [-0.1, -0.05) is 18.2 Å². The summed E-state index contributed by atoms with van der Waals surface area (Å²) in [5.74, 6) is 0.118. The molecule has 11 heavy (non-hydrogen) atoms. The van der Waals surface area contributed by atoms with Crippen molar-refractivity contribution in [2.45, 2.75) is 6.92 Å². The predicted molar refractivity (Wildman–Crippen MR) is 45.7 cm³/mol. The van der Waals surface area contributed by atoms with Crippen LogP contribution in [0.15, 0.2) is 35.6 Å². The lowest BCUT2D eigenvalue weighted by molar-refractivity contribution is 0.273. The number of nitrogens with two attached hydrogens (primary N) is 1. The SMILES string of the molecule is CC1=CC(CO)C=CC=C1N. The molecule has 1 rings (SSSR count). The molecule has 0 heterocycles. The van der Waals surface area contributed by atoms with Crippen LogP contribution in [0.2, 0.25) is 0 Å². The van der Waals surface area contributed by atoms with Gasteiger partial charge >= 0.3 is 0 Å². The number of hydrogen-bond donors (Lipinski definition) is 2. The monoisotopic (exact) mass is 151 g/mol. The fraction of sp³-hybridized carbons (Fsp3) is 0.333. The molecule has 0 aromatic carbocycles. The van der Waals surface area contributed by atoms with E-state index in [4.69, 9.17) is 10.8 Å². The number of hydrogen-bond acceptors (Lipinski definition) is 2. The Morgan fingerprint density at radius 2 is 2.36 bits per heavy atom. The first kappa shape index (κ1) is 8.08. The smallest absolute Gasteiger partial charge is 0.0528 e. The van der Waals surface area contributed by atoms with E-state index in [0.29, 0.717) is 0 Å². The van der Waals surface area contributed by atoms with Crippen molar-refractivity contribution < 1.29 is 5.11 Å². The Bertz CT molecular complexity index is 226. The fourth-order valence-electron chi connectivity index (χ4n) is 1.02. The van der Waals surface area contributed by atoms with Gasteiger partial charge < -0.3 is 10.8 Å². The van der Waals surface area contributed by atoms with Crippen molar-refractivity contribution in [2.24, 2.45) is 11.7 Å². The van der Waals surface area contributed by atoms with Crippen LogP contribution in [0.3, 0.4) is 0 Å². The van der Waals surface area contributed by atoms with E-state index in [2.05, 4.69) is 0 Å². The van der Waals surface area contributed by atoms with Crippen LogP contribution in [-0.4, -0.2) is 11.7 Å². The molecular weight excluding hydrogens is 138 g/mol. The second-order valence-electron chi connectivity index (χ2n) is 2.70. The lowest BCUT2D eigenvalue weighted by Gasteiger charge is -2.02. The normalized spacial score (nSPS) is 24.0. The third kappa shape index (κ3) is 1.95. The Balaban J connectivity index is 2.84. The molecule has 1 aliphatic rings. The topological polar surface area (TPSA) is 46.2 Å². The second kappa shape index (κ2) is 3.39. The Morgan fingerprint density at radius 1 is 1.64 bits per heavy atom. The van der Waals surface area contributed by atoms with Crippen molar-refractivity contribution in [1.29, 1.82) is 0 Å². The molecule has 0 bridgehead atoms. The molecule has 1 aliphatic carbocycles. The molecule has 1 atom stereocenters. The zero-order valence-corrected chi connectivity index (χ0v) is 6.62. The van der Waals surface area contributed by atoms with Gasteiger partial charge in [-0.2, -0.15) is 0 Å². The largest absolute Gasteiger partial charge is 0.399 e. The van der Waals surface area contributed by atoms with E-state index in [-0.39, 0.29) is 12.5 Å². The third-order valence-corrected chi connectivity index (χ3v) is 1.76. The molecule has 60 valence electrons. The first-order valence-electron chi connectivity index (χ1n) is 3.67. The van der Waals surface area contributed by atoms with E-state index in [1.54, 1.807) is 0 Å². The molecule has 3 N–H and O–H groups in total. The average molecular weight is 151 g/mol. The van der Waals surface area contributed by atoms with E-state index >= 15 is 0 Å². The Morgan fingerprint density at radius 3 is 3.00 bits per heavy atom. The summed E-state index contributed by atoms with van der Waals surface area (Å²) >= 11 is 0. The van der Waals surface area contributed by atoms with Crippen molar-refractivity contribution in [3.05, 3.63) is 35.6 Å². The van der Waals surface area contributed by atoms with E-state index in [1.807, 2.05) is 31.2 Å². The van der Waals surface area contributed by atoms with Crippen LogP contribution >= 0.6 is 0 Å². The summed E-state index contributed by atoms with van der Waals surface area (Å²) in [6.45, 7) is 2.09. The van der Waals surface area contributed by atoms with Crippen LogP contribution in [0.4, 0.5) is 0 Å². The van der Waals surface area contributed by atoms with Gasteiger partial charge in [-0.15, -0.1) is 0 Å². The summed E-state index contributed by atoms with van der Waals surface area (Å²) in [6, 6.07) is 0. The zero-order valence-electron chi connectivity index (χ0n) is 6.62. The van der Waals surface area contributed by atoms with Crippen LogP contribution < -0.4 is 5.73 Å². The van der Waals surface area contributed by atoms with E-state index in [0.717, 1.165) is 11.3 Å². The molecule has 2 heteroatoms. The van der Waals surface area contributed by atoms with Gasteiger partial charge in [0.1, 0.15) is 0 Å². The molecule has 0 aliphatic heterocycles. The minimum Gasteiger partial charge on any atom is -0.399 e. The number of rotatable bonds is 1. The summed E-state index contributed by atoms with van der Waals surface area (Å²) in [6.07, 6.45) is 7.63. The molecule has 0 radical (unpaired) electrons. The molecular formula is C9H13NO. The van der Waals surface area contributed by atoms with Gasteiger partial charge in [0.25, 0.3) is 0 Å². The van der Waals surface area contributed by atoms with Crippen LogP contribution in [0.1, 0.15) is 6.92 Å². The third-order valence-electron chi connectivity index (χ3n) is 1.76. The van der Waals surface area contributed by atoms with Crippen LogP contribution in [0, 0.1) is 5.92 Å². The lowest BCUT2D eigenvalue weighted by atomic mass is 10.1. The predicted octanol–water partition coefficient (Wildman–Crippen LogP) is 0.954. The van der Waals surface area contributed by atoms with Crippen molar-refractivity contribution in [2.75, 3.05) is 6.61 Å². The van der Waals surface area contributed by atoms with E-state index in [1.165, 1.54) is 0 Å². The summed E-state index contributed by atoms with van der Waals surface area (Å²) in [4.78, 5) is 0. The quantitative estimate of drug-likeness (QED) is 0.586. The standard InChI is InChI=1S/C9H13NO/c1-7-5-8(6-11)3-2-4-9(7)10/h2-5,8,11H,6,10H2,1H3. The molecule has 2 nitrogen and oxygen atoms in total. The van der Waals surface area contributed by atoms with Gasteiger partial charge in [0, 0.05) is 11.6 Å². The highest BCUT2D eigenvalue weighted by Gasteiger charge is 2.03. The summed E-state index contributed by atoms with van der Waals surface area (Å²) in [7, 11) is 0. The minimum absolute atomic E-state index is 0.118. The Labute approximate surface area is 66.7 Å². The Kier molecular flexibility index (Phi) is 2.49. The highest BCUT2D eigenvalue weighted by atomic mass is 16.3. The van der Waals surface area contributed by atoms with Gasteiger partial charge in [0.15, 0.2) is 0 Å². The molecule has 0 aromatic heterocycles. The van der Waals surface area contributed by atoms with Crippen LogP contribution in [0.5, 0.6) is 0 Å². The van der Waals surface area contributed by atoms with Gasteiger partial charge in [0.2, 0.25) is 0 Å². The average Bonchev–Trinajstić information content (AvgIpc) is 2.15. The van der Waals surface area contributed by atoms with E-state index in [9.17, 15) is 0 Å². The van der Waals surface area contributed by atoms with Gasteiger partial charge in [-0.05, 0) is 18.6 Å². The second-order valence-corrected chi connectivity index (χ2v) is 2.70. The summed E-state index contributed by atoms with van der Waals surface area (Å²) in [5, 5.41) is 8.86. The molecule has 0 amide bonds. The maximum atomic E-state index is 8.86. The van der Waals surface area contributed by atoms with Gasteiger partial charge in [0.05, 0.1) is 6.61 Å². The van der Waals surface area contributed by atoms with Crippen molar-refractivity contribution in [1.82, 2.24) is 0 Å². The molecule has 0 fully saturated rings.